The second kappa shape index (κ2) is 8.05. The van der Waals surface area contributed by atoms with Crippen LogP contribution in [0.2, 0.25) is 0 Å². The standard InChI is InChI=1S/C22H28N2O3S/c1-17-10-12-20(13-11-17)28(26,27)23-18(2)21(25)24-15-7-14-22(3,16-24)19-8-5-4-6-9-19/h4-6,8-13,18,23H,7,14-16H2,1-3H3/t18-,22?/m0/s1. The fraction of sp³-hybridized carbons (Fsp3) is 0.409. The Morgan fingerprint density at radius 2 is 1.75 bits per heavy atom. The topological polar surface area (TPSA) is 66.5 Å². The molecule has 3 rings (SSSR count). The third kappa shape index (κ3) is 4.45. The van der Waals surface area contributed by atoms with Crippen LogP contribution >= 0.6 is 0 Å². The monoisotopic (exact) mass is 400 g/mol. The summed E-state index contributed by atoms with van der Waals surface area (Å²) in [6.45, 7) is 6.92. The van der Waals surface area contributed by atoms with E-state index in [1.807, 2.05) is 25.1 Å². The SMILES string of the molecule is Cc1ccc(S(=O)(=O)N[C@@H](C)C(=O)N2CCCC(C)(c3ccccc3)C2)cc1. The molecule has 1 heterocycles. The van der Waals surface area contributed by atoms with Gasteiger partial charge < -0.3 is 4.90 Å². The van der Waals surface area contributed by atoms with E-state index in [9.17, 15) is 13.2 Å². The van der Waals surface area contributed by atoms with E-state index in [-0.39, 0.29) is 16.2 Å². The molecule has 1 fully saturated rings. The second-order valence-electron chi connectivity index (χ2n) is 7.95. The minimum atomic E-state index is -3.74. The highest BCUT2D eigenvalue weighted by Gasteiger charge is 2.36. The molecule has 1 unspecified atom stereocenters. The molecule has 1 amide bonds. The molecule has 0 spiro atoms. The first kappa shape index (κ1) is 20.6. The molecule has 0 aliphatic carbocycles. The van der Waals surface area contributed by atoms with Gasteiger partial charge in [-0.2, -0.15) is 4.72 Å². The maximum atomic E-state index is 13.0. The fourth-order valence-electron chi connectivity index (χ4n) is 3.85. The van der Waals surface area contributed by atoms with Crippen molar-refractivity contribution in [3.63, 3.8) is 0 Å². The Balaban J connectivity index is 1.71. The van der Waals surface area contributed by atoms with Crippen molar-refractivity contribution in [2.45, 2.75) is 50.0 Å². The van der Waals surface area contributed by atoms with Crippen molar-refractivity contribution in [1.29, 1.82) is 0 Å². The van der Waals surface area contributed by atoms with E-state index in [0.29, 0.717) is 13.1 Å². The summed E-state index contributed by atoms with van der Waals surface area (Å²) in [7, 11) is -3.74. The van der Waals surface area contributed by atoms with Crippen molar-refractivity contribution >= 4 is 15.9 Å². The van der Waals surface area contributed by atoms with Gasteiger partial charge in [-0.3, -0.25) is 4.79 Å². The number of amides is 1. The number of piperidine rings is 1. The predicted molar refractivity (Wildman–Crippen MR) is 111 cm³/mol. The molecule has 0 bridgehead atoms. The van der Waals surface area contributed by atoms with Crippen LogP contribution < -0.4 is 4.72 Å². The molecular weight excluding hydrogens is 372 g/mol. The predicted octanol–water partition coefficient (Wildman–Crippen LogP) is 3.24. The Labute approximate surface area is 167 Å². The van der Waals surface area contributed by atoms with Gasteiger partial charge in [-0.1, -0.05) is 55.0 Å². The fourth-order valence-corrected chi connectivity index (χ4v) is 5.04. The molecule has 0 saturated carbocycles. The normalized spacial score (nSPS) is 21.3. The molecule has 1 aliphatic heterocycles. The molecule has 2 aromatic carbocycles. The van der Waals surface area contributed by atoms with Crippen LogP contribution in [0.3, 0.4) is 0 Å². The van der Waals surface area contributed by atoms with Crippen molar-refractivity contribution in [2.24, 2.45) is 0 Å². The maximum absolute atomic E-state index is 13.0. The van der Waals surface area contributed by atoms with E-state index in [1.165, 1.54) is 5.56 Å². The number of likely N-dealkylation sites (tertiary alicyclic amines) is 1. The van der Waals surface area contributed by atoms with Gasteiger partial charge in [0.1, 0.15) is 0 Å². The molecule has 2 aromatic rings. The van der Waals surface area contributed by atoms with E-state index >= 15 is 0 Å². The summed E-state index contributed by atoms with van der Waals surface area (Å²) in [6, 6.07) is 16.0. The van der Waals surface area contributed by atoms with Crippen molar-refractivity contribution in [2.75, 3.05) is 13.1 Å². The quantitative estimate of drug-likeness (QED) is 0.838. The first-order valence-corrected chi connectivity index (χ1v) is 11.1. The highest BCUT2D eigenvalue weighted by molar-refractivity contribution is 7.89. The van der Waals surface area contributed by atoms with Crippen LogP contribution in [0.1, 0.15) is 37.8 Å². The van der Waals surface area contributed by atoms with Crippen molar-refractivity contribution in [3.05, 3.63) is 65.7 Å². The largest absolute Gasteiger partial charge is 0.340 e. The lowest BCUT2D eigenvalue weighted by molar-refractivity contribution is -0.134. The van der Waals surface area contributed by atoms with Gasteiger partial charge >= 0.3 is 0 Å². The lowest BCUT2D eigenvalue weighted by atomic mass is 9.76. The van der Waals surface area contributed by atoms with Gasteiger partial charge in [-0.05, 0) is 44.4 Å². The third-order valence-corrected chi connectivity index (χ3v) is 7.07. The number of hydrogen-bond acceptors (Lipinski definition) is 3. The minimum absolute atomic E-state index is 0.120. The Bertz CT molecular complexity index is 926. The molecule has 0 aromatic heterocycles. The zero-order chi connectivity index (χ0) is 20.4. The molecule has 28 heavy (non-hydrogen) atoms. The van der Waals surface area contributed by atoms with Gasteiger partial charge in [0, 0.05) is 18.5 Å². The Hall–Kier alpha value is -2.18. The van der Waals surface area contributed by atoms with Crippen LogP contribution in [0, 0.1) is 6.92 Å². The van der Waals surface area contributed by atoms with Crippen molar-refractivity contribution < 1.29 is 13.2 Å². The summed E-state index contributed by atoms with van der Waals surface area (Å²) < 4.78 is 27.8. The smallest absolute Gasteiger partial charge is 0.241 e. The Morgan fingerprint density at radius 1 is 1.11 bits per heavy atom. The van der Waals surface area contributed by atoms with Crippen LogP contribution in [0.4, 0.5) is 0 Å². The minimum Gasteiger partial charge on any atom is -0.340 e. The molecule has 2 atom stereocenters. The van der Waals surface area contributed by atoms with Gasteiger partial charge in [0.15, 0.2) is 0 Å². The maximum Gasteiger partial charge on any atom is 0.241 e. The molecular formula is C22H28N2O3S. The molecule has 6 heteroatoms. The Morgan fingerprint density at radius 3 is 2.39 bits per heavy atom. The molecule has 1 N–H and O–H groups in total. The van der Waals surface area contributed by atoms with Gasteiger partial charge in [0.05, 0.1) is 10.9 Å². The van der Waals surface area contributed by atoms with Gasteiger partial charge in [0.2, 0.25) is 15.9 Å². The molecule has 1 saturated heterocycles. The molecule has 0 radical (unpaired) electrons. The van der Waals surface area contributed by atoms with E-state index in [0.717, 1.165) is 18.4 Å². The van der Waals surface area contributed by atoms with Crippen LogP contribution in [-0.2, 0) is 20.2 Å². The van der Waals surface area contributed by atoms with E-state index in [2.05, 4.69) is 23.8 Å². The van der Waals surface area contributed by atoms with Crippen LogP contribution in [-0.4, -0.2) is 38.4 Å². The zero-order valence-electron chi connectivity index (χ0n) is 16.7. The summed E-state index contributed by atoms with van der Waals surface area (Å²) in [4.78, 5) is 14.9. The Kier molecular flexibility index (Phi) is 5.91. The molecule has 150 valence electrons. The van der Waals surface area contributed by atoms with Gasteiger partial charge in [0.25, 0.3) is 0 Å². The summed E-state index contributed by atoms with van der Waals surface area (Å²) in [5, 5.41) is 0. The summed E-state index contributed by atoms with van der Waals surface area (Å²) in [5.41, 5.74) is 2.07. The first-order chi connectivity index (χ1) is 13.2. The van der Waals surface area contributed by atoms with Crippen LogP contribution in [0.25, 0.3) is 0 Å². The average Bonchev–Trinajstić information content (AvgIpc) is 2.68. The lowest BCUT2D eigenvalue weighted by Gasteiger charge is -2.41. The number of carbonyl (C=O) groups excluding carboxylic acids is 1. The summed E-state index contributed by atoms with van der Waals surface area (Å²) in [5.74, 6) is -0.183. The van der Waals surface area contributed by atoms with E-state index < -0.39 is 16.1 Å². The molecule has 5 nitrogen and oxygen atoms in total. The molecule has 1 aliphatic rings. The second-order valence-corrected chi connectivity index (χ2v) is 9.66. The summed E-state index contributed by atoms with van der Waals surface area (Å²) >= 11 is 0. The average molecular weight is 401 g/mol. The van der Waals surface area contributed by atoms with E-state index in [1.54, 1.807) is 36.1 Å². The number of nitrogens with zero attached hydrogens (tertiary/aromatic N) is 1. The van der Waals surface area contributed by atoms with Gasteiger partial charge in [-0.25, -0.2) is 8.42 Å². The van der Waals surface area contributed by atoms with Crippen LogP contribution in [0.5, 0.6) is 0 Å². The number of rotatable bonds is 5. The van der Waals surface area contributed by atoms with Crippen molar-refractivity contribution in [3.8, 4) is 0 Å². The number of benzene rings is 2. The highest BCUT2D eigenvalue weighted by Crippen LogP contribution is 2.33. The van der Waals surface area contributed by atoms with Crippen LogP contribution in [0.15, 0.2) is 59.5 Å². The number of sulfonamides is 1. The van der Waals surface area contributed by atoms with E-state index in [4.69, 9.17) is 0 Å². The lowest BCUT2D eigenvalue weighted by Crippen LogP contribution is -2.53. The number of carbonyl (C=O) groups is 1. The highest BCUT2D eigenvalue weighted by atomic mass is 32.2. The first-order valence-electron chi connectivity index (χ1n) is 9.65. The third-order valence-electron chi connectivity index (χ3n) is 5.51. The number of aryl methyl sites for hydroxylation is 1. The number of hydrogen-bond donors (Lipinski definition) is 1. The number of nitrogens with one attached hydrogen (secondary N) is 1. The summed E-state index contributed by atoms with van der Waals surface area (Å²) in [6.07, 6.45) is 1.90. The van der Waals surface area contributed by atoms with Gasteiger partial charge in [-0.15, -0.1) is 0 Å². The zero-order valence-corrected chi connectivity index (χ0v) is 17.5. The van der Waals surface area contributed by atoms with Crippen molar-refractivity contribution in [1.82, 2.24) is 9.62 Å².